The number of nitrogens with zero attached hydrogens (tertiary/aromatic N) is 4. The summed E-state index contributed by atoms with van der Waals surface area (Å²) in [5.74, 6) is 1.60. The van der Waals surface area contributed by atoms with Gasteiger partial charge in [-0.05, 0) is 47.0 Å². The average Bonchev–Trinajstić information content (AvgIpc) is 2.64. The number of piperazine rings is 1. The van der Waals surface area contributed by atoms with Gasteiger partial charge in [0.05, 0.1) is 0 Å². The predicted molar refractivity (Wildman–Crippen MR) is 121 cm³/mol. The van der Waals surface area contributed by atoms with Gasteiger partial charge in [-0.1, -0.05) is 6.42 Å². The molecule has 0 radical (unpaired) electrons. The maximum Gasteiger partial charge on any atom is 0.225 e. The van der Waals surface area contributed by atoms with Crippen molar-refractivity contribution in [2.45, 2.75) is 65.5 Å². The molecule has 0 unspecified atom stereocenters. The number of aliphatic imine (C=N–C) groups is 1. The van der Waals surface area contributed by atoms with Crippen LogP contribution < -0.4 is 10.6 Å². The smallest absolute Gasteiger partial charge is 0.225 e. The number of hydrogen-bond donors (Lipinski definition) is 2. The van der Waals surface area contributed by atoms with Crippen molar-refractivity contribution in [2.24, 2.45) is 10.9 Å². The zero-order valence-corrected chi connectivity index (χ0v) is 19.4. The first-order valence-electron chi connectivity index (χ1n) is 11.6. The monoisotopic (exact) mass is 408 g/mol. The number of carbonyl (C=O) groups excluding carboxylic acids is 1. The molecule has 0 aromatic carbocycles. The maximum absolute atomic E-state index is 12.3. The molecule has 0 spiro atoms. The molecule has 2 fully saturated rings. The summed E-state index contributed by atoms with van der Waals surface area (Å²) in [5.41, 5.74) is 0. The minimum Gasteiger partial charge on any atom is -0.356 e. The highest BCUT2D eigenvalue weighted by Gasteiger charge is 2.30. The zero-order chi connectivity index (χ0) is 21.2. The summed E-state index contributed by atoms with van der Waals surface area (Å²) in [4.78, 5) is 23.7. The molecule has 1 heterocycles. The summed E-state index contributed by atoms with van der Waals surface area (Å²) in [6.45, 7) is 16.7. The van der Waals surface area contributed by atoms with Crippen LogP contribution in [-0.4, -0.2) is 98.1 Å². The Morgan fingerprint density at radius 1 is 1.03 bits per heavy atom. The van der Waals surface area contributed by atoms with Crippen LogP contribution in [0.15, 0.2) is 4.99 Å². The molecule has 0 bridgehead atoms. The van der Waals surface area contributed by atoms with Gasteiger partial charge in [-0.15, -0.1) is 0 Å². The lowest BCUT2D eigenvalue weighted by atomic mass is 9.84. The van der Waals surface area contributed by atoms with E-state index in [9.17, 15) is 4.79 Å². The third-order valence-electron chi connectivity index (χ3n) is 6.29. The van der Waals surface area contributed by atoms with Crippen molar-refractivity contribution in [3.63, 3.8) is 0 Å². The van der Waals surface area contributed by atoms with Crippen molar-refractivity contribution in [2.75, 3.05) is 59.4 Å². The Kier molecular flexibility index (Phi) is 10.2. The van der Waals surface area contributed by atoms with Crippen LogP contribution in [-0.2, 0) is 4.79 Å². The second-order valence-electron chi connectivity index (χ2n) is 9.00. The molecular weight excluding hydrogens is 364 g/mol. The molecular formula is C22H44N6O. The summed E-state index contributed by atoms with van der Waals surface area (Å²) >= 11 is 0. The average molecular weight is 409 g/mol. The van der Waals surface area contributed by atoms with Gasteiger partial charge < -0.3 is 15.5 Å². The van der Waals surface area contributed by atoms with Crippen LogP contribution in [0.4, 0.5) is 0 Å². The SMILES string of the molecule is CN=C(NCCCN(C(C)C)C(C)C)NCCN1CCN(C(=O)C2CCC2)CC1. The molecule has 1 saturated heterocycles. The van der Waals surface area contributed by atoms with Gasteiger partial charge in [-0.2, -0.15) is 0 Å². The van der Waals surface area contributed by atoms with Crippen LogP contribution in [0.2, 0.25) is 0 Å². The fourth-order valence-corrected chi connectivity index (χ4v) is 4.24. The van der Waals surface area contributed by atoms with Crippen molar-refractivity contribution < 1.29 is 4.79 Å². The number of rotatable bonds is 10. The van der Waals surface area contributed by atoms with Crippen LogP contribution in [0.1, 0.15) is 53.4 Å². The highest BCUT2D eigenvalue weighted by molar-refractivity contribution is 5.80. The fraction of sp³-hybridized carbons (Fsp3) is 0.909. The van der Waals surface area contributed by atoms with Crippen LogP contribution in [0.3, 0.4) is 0 Å². The number of carbonyl (C=O) groups is 1. The third kappa shape index (κ3) is 7.78. The first-order chi connectivity index (χ1) is 13.9. The maximum atomic E-state index is 12.3. The highest BCUT2D eigenvalue weighted by atomic mass is 16.2. The Labute approximate surface area is 178 Å². The minimum atomic E-state index is 0.325. The van der Waals surface area contributed by atoms with Gasteiger partial charge in [0.25, 0.3) is 0 Å². The van der Waals surface area contributed by atoms with E-state index in [0.717, 1.165) is 77.6 Å². The quantitative estimate of drug-likeness (QED) is 0.327. The molecule has 7 heteroatoms. The Morgan fingerprint density at radius 2 is 1.66 bits per heavy atom. The number of amides is 1. The second kappa shape index (κ2) is 12.4. The van der Waals surface area contributed by atoms with Gasteiger partial charge in [-0.25, -0.2) is 0 Å². The first-order valence-corrected chi connectivity index (χ1v) is 11.6. The third-order valence-corrected chi connectivity index (χ3v) is 6.29. The van der Waals surface area contributed by atoms with Crippen LogP contribution in [0.25, 0.3) is 0 Å². The summed E-state index contributed by atoms with van der Waals surface area (Å²) in [5, 5.41) is 6.85. The van der Waals surface area contributed by atoms with E-state index in [4.69, 9.17) is 0 Å². The lowest BCUT2D eigenvalue weighted by molar-refractivity contribution is -0.139. The molecule has 1 aliphatic carbocycles. The first kappa shape index (κ1) is 23.9. The van der Waals surface area contributed by atoms with Crippen molar-refractivity contribution >= 4 is 11.9 Å². The van der Waals surface area contributed by atoms with Crippen molar-refractivity contribution in [1.82, 2.24) is 25.3 Å². The summed E-state index contributed by atoms with van der Waals surface area (Å²) < 4.78 is 0. The molecule has 0 aromatic heterocycles. The van der Waals surface area contributed by atoms with E-state index in [1.807, 2.05) is 7.05 Å². The van der Waals surface area contributed by atoms with E-state index in [1.54, 1.807) is 0 Å². The molecule has 0 aromatic rings. The lowest BCUT2D eigenvalue weighted by Crippen LogP contribution is -2.52. The minimum absolute atomic E-state index is 0.325. The van der Waals surface area contributed by atoms with Gasteiger partial charge in [0.1, 0.15) is 0 Å². The van der Waals surface area contributed by atoms with Gasteiger partial charge >= 0.3 is 0 Å². The predicted octanol–water partition coefficient (Wildman–Crippen LogP) is 1.60. The van der Waals surface area contributed by atoms with Crippen LogP contribution in [0.5, 0.6) is 0 Å². The fourth-order valence-electron chi connectivity index (χ4n) is 4.24. The number of hydrogen-bond acceptors (Lipinski definition) is 4. The number of guanidine groups is 1. The molecule has 2 N–H and O–H groups in total. The molecule has 1 saturated carbocycles. The largest absolute Gasteiger partial charge is 0.356 e. The van der Waals surface area contributed by atoms with Crippen molar-refractivity contribution in [3.8, 4) is 0 Å². The van der Waals surface area contributed by atoms with E-state index in [0.29, 0.717) is 23.9 Å². The molecule has 29 heavy (non-hydrogen) atoms. The highest BCUT2D eigenvalue weighted by Crippen LogP contribution is 2.28. The van der Waals surface area contributed by atoms with Crippen LogP contribution in [0, 0.1) is 5.92 Å². The topological polar surface area (TPSA) is 63.2 Å². The molecule has 2 rings (SSSR count). The van der Waals surface area contributed by atoms with E-state index in [-0.39, 0.29) is 0 Å². The van der Waals surface area contributed by atoms with Gasteiger partial charge in [-0.3, -0.25) is 19.6 Å². The normalized spacial score (nSPS) is 19.2. The molecule has 1 aliphatic heterocycles. The Hall–Kier alpha value is -1.34. The van der Waals surface area contributed by atoms with Crippen molar-refractivity contribution in [1.29, 1.82) is 0 Å². The van der Waals surface area contributed by atoms with E-state index < -0.39 is 0 Å². The van der Waals surface area contributed by atoms with Gasteiger partial charge in [0, 0.05) is 77.4 Å². The molecule has 0 atom stereocenters. The van der Waals surface area contributed by atoms with Gasteiger partial charge in [0.2, 0.25) is 5.91 Å². The van der Waals surface area contributed by atoms with E-state index >= 15 is 0 Å². The molecule has 168 valence electrons. The molecule has 2 aliphatic rings. The molecule has 7 nitrogen and oxygen atoms in total. The van der Waals surface area contributed by atoms with E-state index in [1.165, 1.54) is 6.42 Å². The lowest BCUT2D eigenvalue weighted by Gasteiger charge is -2.38. The Balaban J connectivity index is 1.56. The van der Waals surface area contributed by atoms with Crippen molar-refractivity contribution in [3.05, 3.63) is 0 Å². The van der Waals surface area contributed by atoms with Crippen LogP contribution >= 0.6 is 0 Å². The Morgan fingerprint density at radius 3 is 2.17 bits per heavy atom. The summed E-state index contributed by atoms with van der Waals surface area (Å²) in [6, 6.07) is 1.16. The summed E-state index contributed by atoms with van der Waals surface area (Å²) in [6.07, 6.45) is 4.53. The standard InChI is InChI=1S/C22H44N6O/c1-18(2)28(19(3)4)12-7-10-24-22(23-5)25-11-13-26-14-16-27(17-15-26)21(29)20-8-6-9-20/h18-20H,6-17H2,1-5H3,(H2,23,24,25). The number of nitrogens with one attached hydrogen (secondary N) is 2. The van der Waals surface area contributed by atoms with E-state index in [2.05, 4.69) is 58.0 Å². The molecule has 1 amide bonds. The van der Waals surface area contributed by atoms with Gasteiger partial charge in [0.15, 0.2) is 5.96 Å². The summed E-state index contributed by atoms with van der Waals surface area (Å²) in [7, 11) is 1.83. The zero-order valence-electron chi connectivity index (χ0n) is 19.4. The second-order valence-corrected chi connectivity index (χ2v) is 9.00. The Bertz CT molecular complexity index is 501.